The molecule has 1 heterocycles. The van der Waals surface area contributed by atoms with Gasteiger partial charge in [0, 0.05) is 11.3 Å². The third-order valence-corrected chi connectivity index (χ3v) is 3.70. The molecular weight excluding hydrogens is 301 g/mol. The largest absolute Gasteiger partial charge is 0.494 e. The van der Waals surface area contributed by atoms with E-state index >= 15 is 0 Å². The molecule has 0 unspecified atom stereocenters. The summed E-state index contributed by atoms with van der Waals surface area (Å²) in [4.78, 5) is 15.1. The Labute approximate surface area is 134 Å². The molecule has 2 aromatic rings. The number of nitrogens with one attached hydrogen (secondary N) is 1. The molecule has 23 heavy (non-hydrogen) atoms. The number of carbonyl (C=O) groups is 1. The van der Waals surface area contributed by atoms with Gasteiger partial charge >= 0.3 is 5.97 Å². The minimum atomic E-state index is -0.677. The van der Waals surface area contributed by atoms with E-state index in [0.717, 1.165) is 5.69 Å². The van der Waals surface area contributed by atoms with Crippen molar-refractivity contribution in [3.05, 3.63) is 52.1 Å². The molecule has 0 fully saturated rings. The van der Waals surface area contributed by atoms with Crippen LogP contribution in [-0.2, 0) is 11.3 Å². The van der Waals surface area contributed by atoms with E-state index in [1.54, 1.807) is 26.8 Å². The van der Waals surface area contributed by atoms with Gasteiger partial charge in [-0.3, -0.25) is 0 Å². The molecule has 0 spiro atoms. The van der Waals surface area contributed by atoms with Crippen molar-refractivity contribution in [2.24, 2.45) is 0 Å². The highest BCUT2D eigenvalue weighted by atomic mass is 19.1. The zero-order valence-corrected chi connectivity index (χ0v) is 13.6. The van der Waals surface area contributed by atoms with Gasteiger partial charge in [-0.25, -0.2) is 9.18 Å². The van der Waals surface area contributed by atoms with E-state index in [9.17, 15) is 14.3 Å². The molecule has 1 aromatic carbocycles. The van der Waals surface area contributed by atoms with E-state index in [0.29, 0.717) is 22.4 Å². The van der Waals surface area contributed by atoms with Gasteiger partial charge in [0.05, 0.1) is 13.2 Å². The zero-order chi connectivity index (χ0) is 17.1. The highest BCUT2D eigenvalue weighted by molar-refractivity contribution is 5.89. The maximum absolute atomic E-state index is 13.6. The summed E-state index contributed by atoms with van der Waals surface area (Å²) in [5.74, 6) is -0.921. The van der Waals surface area contributed by atoms with Crippen LogP contribution < -0.4 is 4.74 Å². The minimum absolute atomic E-state index is 0.0543. The average molecular weight is 321 g/mol. The van der Waals surface area contributed by atoms with E-state index in [4.69, 9.17) is 9.47 Å². The number of aromatic amines is 1. The van der Waals surface area contributed by atoms with Crippen molar-refractivity contribution in [2.45, 2.75) is 33.5 Å². The first-order valence-electron chi connectivity index (χ1n) is 7.21. The van der Waals surface area contributed by atoms with Crippen LogP contribution in [0.25, 0.3) is 0 Å². The Bertz CT molecular complexity index is 722. The van der Waals surface area contributed by atoms with Gasteiger partial charge in [0.25, 0.3) is 0 Å². The van der Waals surface area contributed by atoms with Crippen LogP contribution in [0.1, 0.15) is 45.9 Å². The van der Waals surface area contributed by atoms with Gasteiger partial charge in [-0.15, -0.1) is 0 Å². The molecule has 0 aliphatic rings. The predicted octanol–water partition coefficient (Wildman–Crippen LogP) is 3.19. The highest BCUT2D eigenvalue weighted by Gasteiger charge is 2.21. The van der Waals surface area contributed by atoms with Gasteiger partial charge in [0.15, 0.2) is 11.6 Å². The molecule has 0 saturated heterocycles. The lowest BCUT2D eigenvalue weighted by Gasteiger charge is -2.07. The SMILES string of the molecule is COc1ccc(COC(=O)c2[nH]c(C)c([C@@H](C)O)c2C)cc1F. The second-order valence-electron chi connectivity index (χ2n) is 5.38. The van der Waals surface area contributed by atoms with Crippen LogP contribution in [0, 0.1) is 19.7 Å². The van der Waals surface area contributed by atoms with Crippen LogP contribution in [-0.4, -0.2) is 23.2 Å². The quantitative estimate of drug-likeness (QED) is 0.830. The molecule has 5 nitrogen and oxygen atoms in total. The lowest BCUT2D eigenvalue weighted by Crippen LogP contribution is -2.08. The molecule has 124 valence electrons. The van der Waals surface area contributed by atoms with Crippen molar-refractivity contribution in [3.63, 3.8) is 0 Å². The first kappa shape index (κ1) is 17.0. The summed E-state index contributed by atoms with van der Waals surface area (Å²) in [5, 5.41) is 9.74. The van der Waals surface area contributed by atoms with E-state index in [1.807, 2.05) is 0 Å². The second-order valence-corrected chi connectivity index (χ2v) is 5.38. The third kappa shape index (κ3) is 3.53. The van der Waals surface area contributed by atoms with Crippen molar-refractivity contribution in [1.82, 2.24) is 4.98 Å². The Hall–Kier alpha value is -2.34. The van der Waals surface area contributed by atoms with Gasteiger partial charge in [-0.05, 0) is 44.0 Å². The second kappa shape index (κ2) is 6.83. The molecule has 0 aliphatic heterocycles. The van der Waals surface area contributed by atoms with Gasteiger partial charge < -0.3 is 19.6 Å². The topological polar surface area (TPSA) is 71.5 Å². The lowest BCUT2D eigenvalue weighted by molar-refractivity contribution is 0.0465. The summed E-state index contributed by atoms with van der Waals surface area (Å²) >= 11 is 0. The number of esters is 1. The lowest BCUT2D eigenvalue weighted by atomic mass is 10.1. The van der Waals surface area contributed by atoms with Crippen LogP contribution in [0.4, 0.5) is 4.39 Å². The number of H-pyrrole nitrogens is 1. The third-order valence-electron chi connectivity index (χ3n) is 3.70. The Kier molecular flexibility index (Phi) is 5.05. The Morgan fingerprint density at radius 1 is 1.39 bits per heavy atom. The molecule has 0 amide bonds. The van der Waals surface area contributed by atoms with Crippen LogP contribution in [0.3, 0.4) is 0 Å². The number of carbonyl (C=O) groups excluding carboxylic acids is 1. The van der Waals surface area contributed by atoms with Gasteiger partial charge in [0.2, 0.25) is 0 Å². The number of rotatable bonds is 5. The summed E-state index contributed by atoms with van der Waals surface area (Å²) in [5.41, 5.74) is 2.89. The Morgan fingerprint density at radius 3 is 2.61 bits per heavy atom. The van der Waals surface area contributed by atoms with Crippen molar-refractivity contribution in [3.8, 4) is 5.75 Å². The minimum Gasteiger partial charge on any atom is -0.494 e. The number of benzene rings is 1. The number of halogens is 1. The highest BCUT2D eigenvalue weighted by Crippen LogP contribution is 2.25. The predicted molar refractivity (Wildman–Crippen MR) is 83.0 cm³/mol. The van der Waals surface area contributed by atoms with Crippen LogP contribution in [0.2, 0.25) is 0 Å². The van der Waals surface area contributed by atoms with E-state index in [1.165, 1.54) is 19.2 Å². The molecule has 0 radical (unpaired) electrons. The van der Waals surface area contributed by atoms with Crippen molar-refractivity contribution >= 4 is 5.97 Å². The van der Waals surface area contributed by atoms with Crippen molar-refractivity contribution in [2.75, 3.05) is 7.11 Å². The fourth-order valence-corrected chi connectivity index (χ4v) is 2.62. The summed E-state index contributed by atoms with van der Waals surface area (Å²) < 4.78 is 23.7. The molecule has 2 N–H and O–H groups in total. The number of ether oxygens (including phenoxy) is 2. The number of methoxy groups -OCH3 is 1. The van der Waals surface area contributed by atoms with Crippen molar-refractivity contribution < 1.29 is 23.8 Å². The summed E-state index contributed by atoms with van der Waals surface area (Å²) in [6.07, 6.45) is -0.677. The van der Waals surface area contributed by atoms with Gasteiger partial charge in [-0.1, -0.05) is 6.07 Å². The van der Waals surface area contributed by atoms with E-state index in [-0.39, 0.29) is 12.4 Å². The normalized spacial score (nSPS) is 12.1. The standard InChI is InChI=1S/C17H20FNO4/c1-9-15(11(3)20)10(2)19-16(9)17(21)23-8-12-5-6-14(22-4)13(18)7-12/h5-7,11,19-20H,8H2,1-4H3/t11-/m1/s1. The van der Waals surface area contributed by atoms with Crippen LogP contribution in [0.5, 0.6) is 5.75 Å². The van der Waals surface area contributed by atoms with Crippen molar-refractivity contribution in [1.29, 1.82) is 0 Å². The van der Waals surface area contributed by atoms with Crippen LogP contribution >= 0.6 is 0 Å². The fourth-order valence-electron chi connectivity index (χ4n) is 2.62. The maximum atomic E-state index is 13.6. The first-order valence-corrected chi connectivity index (χ1v) is 7.21. The van der Waals surface area contributed by atoms with Gasteiger partial charge in [0.1, 0.15) is 12.3 Å². The molecule has 0 saturated carbocycles. The van der Waals surface area contributed by atoms with E-state index < -0.39 is 17.9 Å². The molecule has 6 heteroatoms. The Morgan fingerprint density at radius 2 is 2.09 bits per heavy atom. The molecule has 1 aromatic heterocycles. The average Bonchev–Trinajstić information content (AvgIpc) is 2.80. The maximum Gasteiger partial charge on any atom is 0.355 e. The zero-order valence-electron chi connectivity index (χ0n) is 13.6. The molecule has 2 rings (SSSR count). The summed E-state index contributed by atoms with van der Waals surface area (Å²) in [6, 6.07) is 4.37. The smallest absolute Gasteiger partial charge is 0.355 e. The first-order chi connectivity index (χ1) is 10.8. The number of hydrogen-bond acceptors (Lipinski definition) is 4. The number of aliphatic hydroxyl groups excluding tert-OH is 1. The molecule has 1 atom stereocenters. The van der Waals surface area contributed by atoms with E-state index in [2.05, 4.69) is 4.98 Å². The number of aromatic nitrogens is 1. The van der Waals surface area contributed by atoms with Crippen LogP contribution in [0.15, 0.2) is 18.2 Å². The summed E-state index contributed by atoms with van der Waals surface area (Å²) in [6.45, 7) is 5.11. The number of hydrogen-bond donors (Lipinski definition) is 2. The molecule has 0 bridgehead atoms. The fraction of sp³-hybridized carbons (Fsp3) is 0.353. The number of aliphatic hydroxyl groups is 1. The Balaban J connectivity index is 2.11. The monoisotopic (exact) mass is 321 g/mol. The summed E-state index contributed by atoms with van der Waals surface area (Å²) in [7, 11) is 1.38. The number of aryl methyl sites for hydroxylation is 1. The molecule has 0 aliphatic carbocycles. The van der Waals surface area contributed by atoms with Gasteiger partial charge in [-0.2, -0.15) is 0 Å². The molecular formula is C17H20FNO4.